The van der Waals surface area contributed by atoms with Gasteiger partial charge < -0.3 is 4.74 Å². The van der Waals surface area contributed by atoms with Crippen molar-refractivity contribution in [1.29, 1.82) is 0 Å². The first-order chi connectivity index (χ1) is 24.5. The third-order valence-electron chi connectivity index (χ3n) is 12.1. The Labute approximate surface area is 297 Å². The molecule has 1 nitrogen and oxygen atoms in total. The summed E-state index contributed by atoms with van der Waals surface area (Å²) in [6.45, 7) is 4.79. The van der Waals surface area contributed by atoms with E-state index in [0.717, 1.165) is 30.8 Å². The van der Waals surface area contributed by atoms with Crippen LogP contribution in [0, 0.1) is 0 Å². The Kier molecular flexibility index (Phi) is 5.97. The molecule has 1 aromatic heterocycles. The van der Waals surface area contributed by atoms with E-state index in [1.165, 1.54) is 86.9 Å². The summed E-state index contributed by atoms with van der Waals surface area (Å²) in [7, 11) is 0. The van der Waals surface area contributed by atoms with Gasteiger partial charge in [-0.3, -0.25) is 0 Å². The first-order valence-electron chi connectivity index (χ1n) is 18.0. The summed E-state index contributed by atoms with van der Waals surface area (Å²) >= 11 is 1.93. The zero-order chi connectivity index (χ0) is 33.1. The lowest BCUT2D eigenvalue weighted by Crippen LogP contribution is -2.15. The number of fused-ring (bicyclic) bond motifs is 12. The molecule has 0 amide bonds. The van der Waals surface area contributed by atoms with Gasteiger partial charge in [-0.15, -0.1) is 11.3 Å². The van der Waals surface area contributed by atoms with Crippen LogP contribution in [-0.2, 0) is 11.8 Å². The van der Waals surface area contributed by atoms with Crippen molar-refractivity contribution in [3.8, 4) is 39.1 Å². The maximum absolute atomic E-state index is 6.35. The number of thiophene rings is 1. The van der Waals surface area contributed by atoms with Gasteiger partial charge in [0.05, 0.1) is 0 Å². The van der Waals surface area contributed by atoms with Gasteiger partial charge in [-0.1, -0.05) is 111 Å². The van der Waals surface area contributed by atoms with E-state index in [4.69, 9.17) is 4.74 Å². The number of hydrogen-bond acceptors (Lipinski definition) is 2. The average Bonchev–Trinajstić information content (AvgIpc) is 3.75. The number of aryl methyl sites for hydroxylation is 1. The number of hydrogen-bond donors (Lipinski definition) is 0. The summed E-state index contributed by atoms with van der Waals surface area (Å²) in [4.78, 5) is 0. The van der Waals surface area contributed by atoms with Crippen LogP contribution in [-0.4, -0.2) is 0 Å². The maximum atomic E-state index is 6.35. The summed E-state index contributed by atoms with van der Waals surface area (Å²) in [5.41, 5.74) is 16.8. The van der Waals surface area contributed by atoms with Crippen LogP contribution >= 0.6 is 11.3 Å². The fourth-order valence-electron chi connectivity index (χ4n) is 9.73. The van der Waals surface area contributed by atoms with E-state index in [-0.39, 0.29) is 5.41 Å². The largest absolute Gasteiger partial charge is 0.461 e. The van der Waals surface area contributed by atoms with Crippen LogP contribution < -0.4 is 4.74 Å². The van der Waals surface area contributed by atoms with E-state index in [1.807, 2.05) is 11.3 Å². The molecule has 1 aliphatic heterocycles. The third-order valence-corrected chi connectivity index (χ3v) is 13.2. The molecule has 0 saturated heterocycles. The summed E-state index contributed by atoms with van der Waals surface area (Å²) < 4.78 is 9.07. The Hall–Kier alpha value is -5.18. The van der Waals surface area contributed by atoms with Gasteiger partial charge in [0.2, 0.25) is 0 Å². The molecule has 0 N–H and O–H groups in total. The Morgan fingerprint density at radius 2 is 1.48 bits per heavy atom. The van der Waals surface area contributed by atoms with Crippen LogP contribution in [0.15, 0.2) is 139 Å². The molecule has 4 aliphatic rings. The Balaban J connectivity index is 1.08. The second-order valence-electron chi connectivity index (χ2n) is 15.0. The van der Waals surface area contributed by atoms with Crippen molar-refractivity contribution < 1.29 is 4.74 Å². The zero-order valence-corrected chi connectivity index (χ0v) is 29.1. The molecular formula is C48H36OS. The van der Waals surface area contributed by atoms with Crippen LogP contribution in [0.4, 0.5) is 0 Å². The van der Waals surface area contributed by atoms with Gasteiger partial charge in [0, 0.05) is 43.0 Å². The highest BCUT2D eigenvalue weighted by Crippen LogP contribution is 2.54. The SMILES string of the molecule is CC1(C)c2ccccc2-c2cc3c(cc21)CCC(c1cccc2sc4ccc(-c5cccc6c5C5CC=CC=C5O6)cc4c12)c1ccccc1-3. The molecule has 2 unspecified atom stereocenters. The van der Waals surface area contributed by atoms with E-state index in [0.29, 0.717) is 11.8 Å². The molecule has 0 spiro atoms. The molecule has 0 saturated carbocycles. The van der Waals surface area contributed by atoms with Crippen LogP contribution in [0.2, 0.25) is 0 Å². The van der Waals surface area contributed by atoms with Crippen molar-refractivity contribution in [2.75, 3.05) is 0 Å². The predicted molar refractivity (Wildman–Crippen MR) is 210 cm³/mol. The van der Waals surface area contributed by atoms with Crippen LogP contribution in [0.25, 0.3) is 53.6 Å². The van der Waals surface area contributed by atoms with Crippen molar-refractivity contribution in [3.05, 3.63) is 173 Å². The van der Waals surface area contributed by atoms with Crippen molar-refractivity contribution in [3.63, 3.8) is 0 Å². The minimum absolute atomic E-state index is 0.00160. The standard InChI is InChI=1S/C48H36OS/c1-48(2)40-17-7-5-13-34(40)38-27-37-29(26-41(38)48)21-23-33(31-11-3-4-12-32(31)37)35-16-10-20-45-47(35)39-25-28(22-24-44(39)50-45)30-15-9-19-43-46(30)36-14-6-8-18-42(36)49-43/h3-13,15-20,22,24-27,33,36H,14,21,23H2,1-2H3. The third kappa shape index (κ3) is 3.94. The second-order valence-corrected chi connectivity index (χ2v) is 16.1. The molecule has 6 aromatic carbocycles. The molecule has 3 aliphatic carbocycles. The van der Waals surface area contributed by atoms with Gasteiger partial charge in [-0.25, -0.2) is 0 Å². The van der Waals surface area contributed by atoms with Gasteiger partial charge in [-0.2, -0.15) is 0 Å². The van der Waals surface area contributed by atoms with Gasteiger partial charge in [0.25, 0.3) is 0 Å². The van der Waals surface area contributed by atoms with E-state index in [9.17, 15) is 0 Å². The van der Waals surface area contributed by atoms with E-state index < -0.39 is 0 Å². The monoisotopic (exact) mass is 660 g/mol. The van der Waals surface area contributed by atoms with Crippen molar-refractivity contribution in [2.24, 2.45) is 0 Å². The summed E-state index contributed by atoms with van der Waals surface area (Å²) in [5, 5.41) is 2.79. The lowest BCUT2D eigenvalue weighted by Gasteiger charge is -2.22. The Morgan fingerprint density at radius 3 is 2.42 bits per heavy atom. The van der Waals surface area contributed by atoms with E-state index in [2.05, 4.69) is 147 Å². The molecule has 2 atom stereocenters. The topological polar surface area (TPSA) is 9.23 Å². The fraction of sp³-hybridized carbons (Fsp3) is 0.167. The number of rotatable bonds is 2. The molecule has 7 aromatic rings. The van der Waals surface area contributed by atoms with Crippen LogP contribution in [0.3, 0.4) is 0 Å². The fourth-order valence-corrected chi connectivity index (χ4v) is 10.9. The van der Waals surface area contributed by atoms with E-state index in [1.54, 1.807) is 0 Å². The van der Waals surface area contributed by atoms with Gasteiger partial charge in [0.1, 0.15) is 11.5 Å². The normalized spacial score (nSPS) is 19.1. The zero-order valence-electron chi connectivity index (χ0n) is 28.3. The predicted octanol–water partition coefficient (Wildman–Crippen LogP) is 13.1. The summed E-state index contributed by atoms with van der Waals surface area (Å²) in [6.07, 6.45) is 9.65. The molecule has 0 radical (unpaired) electrons. The molecule has 240 valence electrons. The molecule has 2 heteroatoms. The maximum Gasteiger partial charge on any atom is 0.131 e. The molecular weight excluding hydrogens is 625 g/mol. The number of ether oxygens (including phenoxy) is 1. The smallest absolute Gasteiger partial charge is 0.131 e. The minimum Gasteiger partial charge on any atom is -0.461 e. The molecule has 0 bridgehead atoms. The highest BCUT2D eigenvalue weighted by molar-refractivity contribution is 7.25. The Morgan fingerprint density at radius 1 is 0.660 bits per heavy atom. The summed E-state index contributed by atoms with van der Waals surface area (Å²) in [6, 6.07) is 44.1. The van der Waals surface area contributed by atoms with Gasteiger partial charge in [0.15, 0.2) is 0 Å². The van der Waals surface area contributed by atoms with Crippen molar-refractivity contribution >= 4 is 31.5 Å². The van der Waals surface area contributed by atoms with Crippen LogP contribution in [0.1, 0.15) is 71.9 Å². The highest BCUT2D eigenvalue weighted by atomic mass is 32.1. The lowest BCUT2D eigenvalue weighted by atomic mass is 9.81. The lowest BCUT2D eigenvalue weighted by molar-refractivity contribution is 0.425. The molecule has 2 heterocycles. The highest BCUT2D eigenvalue weighted by Gasteiger charge is 2.37. The second kappa shape index (κ2) is 10.4. The quantitative estimate of drug-likeness (QED) is 0.179. The molecule has 50 heavy (non-hydrogen) atoms. The minimum atomic E-state index is 0.00160. The van der Waals surface area contributed by atoms with Crippen molar-refractivity contribution in [1.82, 2.24) is 0 Å². The average molecular weight is 661 g/mol. The first-order valence-corrected chi connectivity index (χ1v) is 18.9. The first kappa shape index (κ1) is 28.6. The molecule has 11 rings (SSSR count). The number of allylic oxidation sites excluding steroid dienone is 4. The summed E-state index contributed by atoms with van der Waals surface area (Å²) in [5.74, 6) is 2.67. The van der Waals surface area contributed by atoms with Crippen molar-refractivity contribution in [2.45, 2.75) is 50.4 Å². The van der Waals surface area contributed by atoms with E-state index >= 15 is 0 Å². The Bertz CT molecular complexity index is 2650. The van der Waals surface area contributed by atoms with Gasteiger partial charge >= 0.3 is 0 Å². The van der Waals surface area contributed by atoms with Gasteiger partial charge in [-0.05, 0) is 117 Å². The van der Waals surface area contributed by atoms with Crippen LogP contribution in [0.5, 0.6) is 5.75 Å². The number of benzene rings is 6. The molecule has 0 fully saturated rings.